The molecular formula is C11H17NO4. The summed E-state index contributed by atoms with van der Waals surface area (Å²) in [5, 5.41) is 8.58. The van der Waals surface area contributed by atoms with Gasteiger partial charge in [0.15, 0.2) is 6.10 Å². The third kappa shape index (κ3) is 3.34. The number of carbonyl (C=O) groups is 2. The number of likely N-dealkylation sites (N-methyl/N-ethyl adjacent to an activating group) is 1. The molecular weight excluding hydrogens is 210 g/mol. The molecule has 1 aliphatic rings. The van der Waals surface area contributed by atoms with E-state index in [2.05, 4.69) is 0 Å². The quantitative estimate of drug-likeness (QED) is 0.761. The topological polar surface area (TPSA) is 66.8 Å². The molecule has 1 rings (SSSR count). The zero-order valence-electron chi connectivity index (χ0n) is 9.60. The number of amides is 1. The minimum Gasteiger partial charge on any atom is -0.479 e. The predicted molar refractivity (Wildman–Crippen MR) is 57.8 cm³/mol. The van der Waals surface area contributed by atoms with Gasteiger partial charge in [-0.2, -0.15) is 0 Å². The molecule has 1 aliphatic carbocycles. The normalized spacial score (nSPS) is 16.8. The number of hydrogen-bond acceptors (Lipinski definition) is 3. The Labute approximate surface area is 94.7 Å². The fourth-order valence-corrected chi connectivity index (χ4v) is 1.48. The molecule has 0 bridgehead atoms. The summed E-state index contributed by atoms with van der Waals surface area (Å²) >= 11 is 0. The molecule has 5 nitrogen and oxygen atoms in total. The Balaban J connectivity index is 2.37. The van der Waals surface area contributed by atoms with Gasteiger partial charge in [0.05, 0.1) is 0 Å². The Morgan fingerprint density at radius 2 is 2.31 bits per heavy atom. The number of carboxylic acids is 1. The van der Waals surface area contributed by atoms with Gasteiger partial charge in [-0.3, -0.25) is 4.79 Å². The molecule has 1 N–H and O–H groups in total. The Morgan fingerprint density at radius 1 is 1.62 bits per heavy atom. The van der Waals surface area contributed by atoms with Crippen LogP contribution in [0.4, 0.5) is 0 Å². The largest absolute Gasteiger partial charge is 0.479 e. The van der Waals surface area contributed by atoms with Gasteiger partial charge in [0, 0.05) is 12.7 Å². The van der Waals surface area contributed by atoms with Crippen LogP contribution in [0.15, 0.2) is 11.8 Å². The van der Waals surface area contributed by atoms with Crippen molar-refractivity contribution < 1.29 is 19.4 Å². The van der Waals surface area contributed by atoms with Crippen molar-refractivity contribution in [3.05, 3.63) is 11.8 Å². The molecule has 0 heterocycles. The van der Waals surface area contributed by atoms with Crippen LogP contribution < -0.4 is 0 Å². The summed E-state index contributed by atoms with van der Waals surface area (Å²) in [6.07, 6.45) is 4.04. The molecule has 1 atom stereocenters. The number of aliphatic carboxylic acids is 1. The summed E-state index contributed by atoms with van der Waals surface area (Å²) in [5.41, 5.74) is 0.997. The SMILES string of the molecule is C[C@H](OCC(=O)N(C)C1=CCCC1)C(=O)O. The monoisotopic (exact) mass is 227 g/mol. The van der Waals surface area contributed by atoms with Gasteiger partial charge in [0.1, 0.15) is 6.61 Å². The van der Waals surface area contributed by atoms with Gasteiger partial charge in [0.2, 0.25) is 0 Å². The lowest BCUT2D eigenvalue weighted by atomic mass is 10.3. The van der Waals surface area contributed by atoms with Crippen molar-refractivity contribution in [2.24, 2.45) is 0 Å². The number of rotatable bonds is 5. The second-order valence-corrected chi connectivity index (χ2v) is 3.83. The first-order chi connectivity index (χ1) is 7.52. The Hall–Kier alpha value is -1.36. The number of carboxylic acid groups (broad SMARTS) is 1. The highest BCUT2D eigenvalue weighted by molar-refractivity contribution is 5.79. The first kappa shape index (κ1) is 12.7. The van der Waals surface area contributed by atoms with E-state index in [9.17, 15) is 9.59 Å². The van der Waals surface area contributed by atoms with Gasteiger partial charge >= 0.3 is 5.97 Å². The number of carbonyl (C=O) groups excluding carboxylic acids is 1. The summed E-state index contributed by atoms with van der Waals surface area (Å²) in [5.74, 6) is -1.27. The molecule has 0 saturated heterocycles. The highest BCUT2D eigenvalue weighted by Crippen LogP contribution is 2.20. The van der Waals surface area contributed by atoms with Crippen molar-refractivity contribution in [2.45, 2.75) is 32.3 Å². The van der Waals surface area contributed by atoms with Crippen molar-refractivity contribution in [3.8, 4) is 0 Å². The van der Waals surface area contributed by atoms with Crippen molar-refractivity contribution in [1.29, 1.82) is 0 Å². The van der Waals surface area contributed by atoms with Crippen molar-refractivity contribution in [1.82, 2.24) is 4.90 Å². The molecule has 0 aromatic rings. The molecule has 5 heteroatoms. The maximum atomic E-state index is 11.6. The van der Waals surface area contributed by atoms with Crippen LogP contribution in [0.25, 0.3) is 0 Å². The maximum absolute atomic E-state index is 11.6. The van der Waals surface area contributed by atoms with Crippen LogP contribution in [0.5, 0.6) is 0 Å². The predicted octanol–water partition coefficient (Wildman–Crippen LogP) is 1.00. The number of allylic oxidation sites excluding steroid dienone is 2. The van der Waals surface area contributed by atoms with Crippen LogP contribution in [0.1, 0.15) is 26.2 Å². The van der Waals surface area contributed by atoms with Gasteiger partial charge in [-0.05, 0) is 26.2 Å². The second-order valence-electron chi connectivity index (χ2n) is 3.83. The fourth-order valence-electron chi connectivity index (χ4n) is 1.48. The zero-order valence-corrected chi connectivity index (χ0v) is 9.60. The van der Waals surface area contributed by atoms with Gasteiger partial charge in [-0.25, -0.2) is 4.79 Å². The van der Waals surface area contributed by atoms with E-state index in [1.54, 1.807) is 11.9 Å². The first-order valence-corrected chi connectivity index (χ1v) is 5.32. The molecule has 0 saturated carbocycles. The smallest absolute Gasteiger partial charge is 0.332 e. The van der Waals surface area contributed by atoms with Crippen LogP contribution in [-0.2, 0) is 14.3 Å². The van der Waals surface area contributed by atoms with E-state index in [0.717, 1.165) is 25.0 Å². The minimum atomic E-state index is -1.06. The fraction of sp³-hybridized carbons (Fsp3) is 0.636. The summed E-state index contributed by atoms with van der Waals surface area (Å²) in [6.45, 7) is 1.21. The maximum Gasteiger partial charge on any atom is 0.332 e. The van der Waals surface area contributed by atoms with Gasteiger partial charge < -0.3 is 14.7 Å². The lowest BCUT2D eigenvalue weighted by Gasteiger charge is -2.19. The Kier molecular flexibility index (Phi) is 4.49. The molecule has 0 radical (unpaired) electrons. The lowest BCUT2D eigenvalue weighted by Crippen LogP contribution is -2.32. The van der Waals surface area contributed by atoms with E-state index < -0.39 is 12.1 Å². The zero-order chi connectivity index (χ0) is 12.1. The van der Waals surface area contributed by atoms with Crippen LogP contribution in [0.2, 0.25) is 0 Å². The molecule has 0 spiro atoms. The third-order valence-corrected chi connectivity index (χ3v) is 2.63. The lowest BCUT2D eigenvalue weighted by molar-refractivity contribution is -0.152. The molecule has 1 amide bonds. The van der Waals surface area contributed by atoms with Gasteiger partial charge in [-0.15, -0.1) is 0 Å². The highest BCUT2D eigenvalue weighted by Gasteiger charge is 2.18. The van der Waals surface area contributed by atoms with E-state index in [0.29, 0.717) is 0 Å². The van der Waals surface area contributed by atoms with Gasteiger partial charge in [-0.1, -0.05) is 6.08 Å². The Morgan fingerprint density at radius 3 is 2.81 bits per heavy atom. The number of nitrogens with zero attached hydrogens (tertiary/aromatic N) is 1. The standard InChI is InChI=1S/C11H17NO4/c1-8(11(14)15)16-7-10(13)12(2)9-5-3-4-6-9/h5,8H,3-4,6-7H2,1-2H3,(H,14,15)/t8-/m0/s1. The van der Waals surface area contributed by atoms with Crippen molar-refractivity contribution in [3.63, 3.8) is 0 Å². The molecule has 0 aliphatic heterocycles. The molecule has 0 aromatic heterocycles. The number of ether oxygens (including phenoxy) is 1. The van der Waals surface area contributed by atoms with E-state index in [-0.39, 0.29) is 12.5 Å². The average Bonchev–Trinajstić information content (AvgIpc) is 2.77. The summed E-state index contributed by atoms with van der Waals surface area (Å²) in [7, 11) is 1.69. The van der Waals surface area contributed by atoms with E-state index >= 15 is 0 Å². The molecule has 0 unspecified atom stereocenters. The molecule has 16 heavy (non-hydrogen) atoms. The Bertz CT molecular complexity index is 311. The van der Waals surface area contributed by atoms with E-state index in [1.807, 2.05) is 6.08 Å². The van der Waals surface area contributed by atoms with Crippen LogP contribution in [-0.4, -0.2) is 41.6 Å². The highest BCUT2D eigenvalue weighted by atomic mass is 16.5. The summed E-state index contributed by atoms with van der Waals surface area (Å²) in [4.78, 5) is 23.6. The summed E-state index contributed by atoms with van der Waals surface area (Å²) in [6, 6.07) is 0. The molecule has 90 valence electrons. The summed E-state index contributed by atoms with van der Waals surface area (Å²) < 4.78 is 4.93. The third-order valence-electron chi connectivity index (χ3n) is 2.63. The van der Waals surface area contributed by atoms with E-state index in [1.165, 1.54) is 6.92 Å². The van der Waals surface area contributed by atoms with Gasteiger partial charge in [0.25, 0.3) is 5.91 Å². The second kappa shape index (κ2) is 5.65. The van der Waals surface area contributed by atoms with Crippen LogP contribution >= 0.6 is 0 Å². The van der Waals surface area contributed by atoms with E-state index in [4.69, 9.17) is 9.84 Å². The minimum absolute atomic E-state index is 0.193. The van der Waals surface area contributed by atoms with Crippen molar-refractivity contribution in [2.75, 3.05) is 13.7 Å². The van der Waals surface area contributed by atoms with Crippen LogP contribution in [0.3, 0.4) is 0 Å². The van der Waals surface area contributed by atoms with Crippen LogP contribution in [0, 0.1) is 0 Å². The average molecular weight is 227 g/mol. The first-order valence-electron chi connectivity index (χ1n) is 5.32. The molecule has 0 fully saturated rings. The van der Waals surface area contributed by atoms with Crippen molar-refractivity contribution >= 4 is 11.9 Å². The molecule has 0 aromatic carbocycles. The number of hydrogen-bond donors (Lipinski definition) is 1.